The Morgan fingerprint density at radius 1 is 1.47 bits per heavy atom. The van der Waals surface area contributed by atoms with E-state index in [1.165, 1.54) is 12.8 Å². The molecule has 1 saturated heterocycles. The number of hydrogen-bond donors (Lipinski definition) is 2. The van der Waals surface area contributed by atoms with Crippen LogP contribution in [0, 0.1) is 11.3 Å². The maximum absolute atomic E-state index is 12.1. The molecule has 0 aromatic rings. The van der Waals surface area contributed by atoms with Crippen LogP contribution in [-0.4, -0.2) is 41.1 Å². The van der Waals surface area contributed by atoms with Gasteiger partial charge in [-0.05, 0) is 32.1 Å². The van der Waals surface area contributed by atoms with Crippen LogP contribution in [0.2, 0.25) is 0 Å². The first-order valence-corrected chi connectivity index (χ1v) is 7.25. The standard InChI is InChI=1S/C14H24N2O3/c1-3-14(12(17)18)6-7-16(9-14)13(19)15-10(2)8-11-4-5-11/h10-11H,3-9H2,1-2H3,(H,15,19)(H,17,18). The van der Waals surface area contributed by atoms with Crippen molar-refractivity contribution < 1.29 is 14.7 Å². The molecular weight excluding hydrogens is 244 g/mol. The van der Waals surface area contributed by atoms with Crippen LogP contribution in [0.1, 0.15) is 46.0 Å². The lowest BCUT2D eigenvalue weighted by Gasteiger charge is -2.24. The maximum atomic E-state index is 12.1. The van der Waals surface area contributed by atoms with E-state index in [1.54, 1.807) is 4.90 Å². The fourth-order valence-corrected chi connectivity index (χ4v) is 2.87. The molecule has 1 aliphatic carbocycles. The molecule has 2 N–H and O–H groups in total. The Bertz CT molecular complexity index is 368. The van der Waals surface area contributed by atoms with Crippen LogP contribution in [0.5, 0.6) is 0 Å². The molecule has 0 spiro atoms. The highest BCUT2D eigenvalue weighted by molar-refractivity contribution is 5.79. The van der Waals surface area contributed by atoms with Gasteiger partial charge in [0.15, 0.2) is 0 Å². The van der Waals surface area contributed by atoms with Crippen molar-refractivity contribution >= 4 is 12.0 Å². The topological polar surface area (TPSA) is 69.6 Å². The fourth-order valence-electron chi connectivity index (χ4n) is 2.87. The lowest BCUT2D eigenvalue weighted by Crippen LogP contribution is -2.44. The molecule has 5 nitrogen and oxygen atoms in total. The summed E-state index contributed by atoms with van der Waals surface area (Å²) in [5.74, 6) is -0.000964. The summed E-state index contributed by atoms with van der Waals surface area (Å²) in [6, 6.07) is 0.0752. The molecule has 0 aromatic heterocycles. The van der Waals surface area contributed by atoms with E-state index < -0.39 is 11.4 Å². The lowest BCUT2D eigenvalue weighted by atomic mass is 9.84. The van der Waals surface area contributed by atoms with Gasteiger partial charge in [0.25, 0.3) is 0 Å². The van der Waals surface area contributed by atoms with E-state index in [1.807, 2.05) is 13.8 Å². The summed E-state index contributed by atoms with van der Waals surface area (Å²) < 4.78 is 0. The van der Waals surface area contributed by atoms with Gasteiger partial charge in [0.1, 0.15) is 0 Å². The summed E-state index contributed by atoms with van der Waals surface area (Å²) in [6.07, 6.45) is 4.73. The van der Waals surface area contributed by atoms with Crippen molar-refractivity contribution in [3.63, 3.8) is 0 Å². The summed E-state index contributed by atoms with van der Waals surface area (Å²) in [5, 5.41) is 12.3. The van der Waals surface area contributed by atoms with Gasteiger partial charge in [-0.25, -0.2) is 4.79 Å². The minimum absolute atomic E-state index is 0.107. The number of hydrogen-bond acceptors (Lipinski definition) is 2. The maximum Gasteiger partial charge on any atom is 0.317 e. The summed E-state index contributed by atoms with van der Waals surface area (Å²) in [7, 11) is 0. The molecule has 1 saturated carbocycles. The van der Waals surface area contributed by atoms with E-state index in [4.69, 9.17) is 0 Å². The van der Waals surface area contributed by atoms with Gasteiger partial charge < -0.3 is 15.3 Å². The number of carboxylic acids is 1. The van der Waals surface area contributed by atoms with Gasteiger partial charge in [0.2, 0.25) is 0 Å². The first-order valence-electron chi connectivity index (χ1n) is 7.25. The fraction of sp³-hybridized carbons (Fsp3) is 0.857. The van der Waals surface area contributed by atoms with Crippen molar-refractivity contribution in [1.82, 2.24) is 10.2 Å². The first-order chi connectivity index (χ1) is 8.97. The van der Waals surface area contributed by atoms with Gasteiger partial charge in [-0.3, -0.25) is 4.79 Å². The lowest BCUT2D eigenvalue weighted by molar-refractivity contribution is -0.148. The number of nitrogens with zero attached hydrogens (tertiary/aromatic N) is 1. The summed E-state index contributed by atoms with van der Waals surface area (Å²) >= 11 is 0. The molecule has 5 heteroatoms. The molecule has 0 radical (unpaired) electrons. The van der Waals surface area contributed by atoms with Crippen molar-refractivity contribution in [2.24, 2.45) is 11.3 Å². The number of carbonyl (C=O) groups excluding carboxylic acids is 1. The molecule has 1 heterocycles. The van der Waals surface area contributed by atoms with Crippen LogP contribution < -0.4 is 5.32 Å². The first kappa shape index (κ1) is 14.2. The monoisotopic (exact) mass is 268 g/mol. The Balaban J connectivity index is 1.85. The summed E-state index contributed by atoms with van der Waals surface area (Å²) in [5.41, 5.74) is -0.739. The molecule has 2 atom stereocenters. The van der Waals surface area contributed by atoms with Gasteiger partial charge >= 0.3 is 12.0 Å². The van der Waals surface area contributed by atoms with E-state index in [-0.39, 0.29) is 12.1 Å². The Morgan fingerprint density at radius 3 is 2.63 bits per heavy atom. The highest BCUT2D eigenvalue weighted by atomic mass is 16.4. The molecule has 2 rings (SSSR count). The molecule has 1 aliphatic heterocycles. The summed E-state index contributed by atoms with van der Waals surface area (Å²) in [4.78, 5) is 25.1. The molecule has 2 aliphatic rings. The second kappa shape index (κ2) is 5.39. The third-order valence-electron chi connectivity index (χ3n) is 4.53. The zero-order valence-electron chi connectivity index (χ0n) is 11.8. The van der Waals surface area contributed by atoms with Crippen LogP contribution >= 0.6 is 0 Å². The molecule has 108 valence electrons. The molecule has 2 fully saturated rings. The van der Waals surface area contributed by atoms with Crippen LogP contribution in [0.4, 0.5) is 4.79 Å². The predicted octanol–water partition coefficient (Wildman–Crippen LogP) is 2.07. The van der Waals surface area contributed by atoms with Crippen LogP contribution in [-0.2, 0) is 4.79 Å². The van der Waals surface area contributed by atoms with Crippen molar-refractivity contribution in [2.75, 3.05) is 13.1 Å². The van der Waals surface area contributed by atoms with Crippen LogP contribution in [0.3, 0.4) is 0 Å². The Kier molecular flexibility index (Phi) is 4.02. The Hall–Kier alpha value is -1.26. The van der Waals surface area contributed by atoms with Crippen LogP contribution in [0.15, 0.2) is 0 Å². The largest absolute Gasteiger partial charge is 0.481 e. The third-order valence-corrected chi connectivity index (χ3v) is 4.53. The minimum atomic E-state index is -0.781. The van der Waals surface area contributed by atoms with Crippen molar-refractivity contribution in [2.45, 2.75) is 52.0 Å². The highest BCUT2D eigenvalue weighted by Gasteiger charge is 2.44. The van der Waals surface area contributed by atoms with Gasteiger partial charge in [-0.15, -0.1) is 0 Å². The van der Waals surface area contributed by atoms with Crippen molar-refractivity contribution in [1.29, 1.82) is 0 Å². The number of urea groups is 1. The van der Waals surface area contributed by atoms with Crippen LogP contribution in [0.25, 0.3) is 0 Å². The smallest absolute Gasteiger partial charge is 0.317 e. The molecule has 0 aromatic carbocycles. The molecule has 2 amide bonds. The zero-order valence-corrected chi connectivity index (χ0v) is 11.8. The van der Waals surface area contributed by atoms with Gasteiger partial charge in [-0.2, -0.15) is 0 Å². The van der Waals surface area contributed by atoms with E-state index in [0.29, 0.717) is 25.9 Å². The number of nitrogens with one attached hydrogen (secondary N) is 1. The Morgan fingerprint density at radius 2 is 2.16 bits per heavy atom. The normalized spacial score (nSPS) is 28.2. The van der Waals surface area contributed by atoms with Crippen molar-refractivity contribution in [3.05, 3.63) is 0 Å². The number of carbonyl (C=O) groups is 2. The summed E-state index contributed by atoms with van der Waals surface area (Å²) in [6.45, 7) is 4.78. The second-order valence-electron chi connectivity index (χ2n) is 6.14. The minimum Gasteiger partial charge on any atom is -0.481 e. The predicted molar refractivity (Wildman–Crippen MR) is 71.9 cm³/mol. The van der Waals surface area contributed by atoms with Gasteiger partial charge in [0, 0.05) is 19.1 Å². The van der Waals surface area contributed by atoms with Crippen molar-refractivity contribution in [3.8, 4) is 0 Å². The average Bonchev–Trinajstić information content (AvgIpc) is 3.04. The second-order valence-corrected chi connectivity index (χ2v) is 6.14. The number of aliphatic carboxylic acids is 1. The quantitative estimate of drug-likeness (QED) is 0.802. The van der Waals surface area contributed by atoms with Gasteiger partial charge in [0.05, 0.1) is 5.41 Å². The number of rotatable bonds is 5. The number of likely N-dealkylation sites (tertiary alicyclic amines) is 1. The average molecular weight is 268 g/mol. The van der Waals surface area contributed by atoms with Gasteiger partial charge in [-0.1, -0.05) is 19.8 Å². The third kappa shape index (κ3) is 3.19. The molecule has 2 unspecified atom stereocenters. The van der Waals surface area contributed by atoms with E-state index >= 15 is 0 Å². The van der Waals surface area contributed by atoms with E-state index in [0.717, 1.165) is 12.3 Å². The molecule has 0 bridgehead atoms. The number of carboxylic acid groups (broad SMARTS) is 1. The highest BCUT2D eigenvalue weighted by Crippen LogP contribution is 2.35. The van der Waals surface area contributed by atoms with E-state index in [2.05, 4.69) is 5.32 Å². The Labute approximate surface area is 114 Å². The molecule has 19 heavy (non-hydrogen) atoms. The van der Waals surface area contributed by atoms with E-state index in [9.17, 15) is 14.7 Å². The zero-order chi connectivity index (χ0) is 14.0. The SMILES string of the molecule is CCC1(C(=O)O)CCN(C(=O)NC(C)CC2CC2)C1. The molecular formula is C14H24N2O3. The number of amides is 2.